The highest BCUT2D eigenvalue weighted by Crippen LogP contribution is 2.26. The summed E-state index contributed by atoms with van der Waals surface area (Å²) in [5, 5.41) is 19.7. The number of thioether (sulfide) groups is 1. The summed E-state index contributed by atoms with van der Waals surface area (Å²) in [5.74, 6) is 1.15. The fourth-order valence-corrected chi connectivity index (χ4v) is 3.77. The third-order valence-electron chi connectivity index (χ3n) is 4.80. The average Bonchev–Trinajstić information content (AvgIpc) is 3.43. The van der Waals surface area contributed by atoms with Gasteiger partial charge in [-0.1, -0.05) is 36.0 Å². The Bertz CT molecular complexity index is 1220. The van der Waals surface area contributed by atoms with Gasteiger partial charge in [-0.05, 0) is 53.6 Å². The zero-order valence-electron chi connectivity index (χ0n) is 17.3. The van der Waals surface area contributed by atoms with Crippen molar-refractivity contribution in [3.05, 3.63) is 65.9 Å². The predicted octanol–water partition coefficient (Wildman–Crippen LogP) is 3.20. The van der Waals surface area contributed by atoms with Crippen LogP contribution >= 0.6 is 11.8 Å². The van der Waals surface area contributed by atoms with E-state index in [1.807, 2.05) is 56.3 Å². The zero-order chi connectivity index (χ0) is 21.8. The summed E-state index contributed by atoms with van der Waals surface area (Å²) in [6, 6.07) is 15.1. The van der Waals surface area contributed by atoms with Gasteiger partial charge in [-0.25, -0.2) is 4.68 Å². The van der Waals surface area contributed by atoms with Crippen molar-refractivity contribution in [2.24, 2.45) is 0 Å². The first-order valence-electron chi connectivity index (χ1n) is 9.53. The molecule has 9 nitrogen and oxygen atoms in total. The lowest BCUT2D eigenvalue weighted by Gasteiger charge is -2.12. The van der Waals surface area contributed by atoms with Crippen LogP contribution in [0.2, 0.25) is 0 Å². The third-order valence-corrected chi connectivity index (χ3v) is 5.72. The van der Waals surface area contributed by atoms with E-state index in [4.69, 9.17) is 4.74 Å². The van der Waals surface area contributed by atoms with Crippen LogP contribution in [-0.2, 0) is 4.79 Å². The molecule has 0 atom stereocenters. The Morgan fingerprint density at radius 3 is 2.71 bits per heavy atom. The lowest BCUT2D eigenvalue weighted by Crippen LogP contribution is -2.17. The van der Waals surface area contributed by atoms with E-state index in [0.717, 1.165) is 22.5 Å². The molecule has 0 spiro atoms. The van der Waals surface area contributed by atoms with Crippen molar-refractivity contribution in [2.45, 2.75) is 19.0 Å². The Hall–Kier alpha value is -3.66. The molecule has 0 aliphatic heterocycles. The number of tetrazole rings is 1. The maximum atomic E-state index is 12.6. The number of aryl methyl sites for hydroxylation is 1. The standard InChI is InChI=1S/C21H21N7O2S/c1-14-7-6-9-16(15(14)2)28-21(24-25-26-28)31-13-20(29)23-19-11-12-22-27(19)17-8-4-5-10-18(17)30-3/h4-12H,13H2,1-3H3,(H,23,29). The van der Waals surface area contributed by atoms with Crippen molar-refractivity contribution in [1.82, 2.24) is 30.0 Å². The van der Waals surface area contributed by atoms with Gasteiger partial charge in [-0.15, -0.1) is 5.10 Å². The number of para-hydroxylation sites is 2. The summed E-state index contributed by atoms with van der Waals surface area (Å²) in [6.45, 7) is 4.06. The number of carbonyl (C=O) groups is 1. The van der Waals surface area contributed by atoms with E-state index in [-0.39, 0.29) is 11.7 Å². The molecule has 10 heteroatoms. The van der Waals surface area contributed by atoms with Crippen LogP contribution in [0.3, 0.4) is 0 Å². The molecule has 0 aliphatic rings. The van der Waals surface area contributed by atoms with Gasteiger partial charge >= 0.3 is 0 Å². The highest BCUT2D eigenvalue weighted by molar-refractivity contribution is 7.99. The largest absolute Gasteiger partial charge is 0.494 e. The molecule has 1 N–H and O–H groups in total. The van der Waals surface area contributed by atoms with Crippen molar-refractivity contribution in [3.8, 4) is 17.1 Å². The second-order valence-corrected chi connectivity index (χ2v) is 7.67. The SMILES string of the molecule is COc1ccccc1-n1nccc1NC(=O)CSc1nnnn1-c1cccc(C)c1C. The van der Waals surface area contributed by atoms with Gasteiger partial charge in [-0.3, -0.25) is 4.79 Å². The van der Waals surface area contributed by atoms with Gasteiger partial charge in [0.1, 0.15) is 17.3 Å². The molecule has 0 saturated heterocycles. The van der Waals surface area contributed by atoms with Crippen LogP contribution in [0.25, 0.3) is 11.4 Å². The summed E-state index contributed by atoms with van der Waals surface area (Å²) >= 11 is 1.26. The molecule has 31 heavy (non-hydrogen) atoms. The number of nitrogens with one attached hydrogen (secondary N) is 1. The average molecular weight is 436 g/mol. The van der Waals surface area contributed by atoms with Crippen LogP contribution in [0, 0.1) is 13.8 Å². The van der Waals surface area contributed by atoms with Crippen molar-refractivity contribution in [1.29, 1.82) is 0 Å². The predicted molar refractivity (Wildman–Crippen MR) is 118 cm³/mol. The van der Waals surface area contributed by atoms with Gasteiger partial charge < -0.3 is 10.1 Å². The number of methoxy groups -OCH3 is 1. The first kappa shape index (κ1) is 20.6. The number of rotatable bonds is 7. The summed E-state index contributed by atoms with van der Waals surface area (Å²) in [4.78, 5) is 12.6. The van der Waals surface area contributed by atoms with Gasteiger partial charge in [0, 0.05) is 6.07 Å². The van der Waals surface area contributed by atoms with Crippen molar-refractivity contribution in [2.75, 3.05) is 18.2 Å². The molecule has 0 fully saturated rings. The van der Waals surface area contributed by atoms with Gasteiger partial charge in [0.05, 0.1) is 24.7 Å². The maximum Gasteiger partial charge on any atom is 0.236 e. The molecule has 2 aromatic heterocycles. The molecule has 4 aromatic rings. The number of aromatic nitrogens is 6. The summed E-state index contributed by atoms with van der Waals surface area (Å²) in [6.07, 6.45) is 1.62. The van der Waals surface area contributed by atoms with E-state index in [9.17, 15) is 4.79 Å². The number of amides is 1. The van der Waals surface area contributed by atoms with Crippen LogP contribution in [0.15, 0.2) is 59.9 Å². The minimum Gasteiger partial charge on any atom is -0.494 e. The monoisotopic (exact) mass is 435 g/mol. The molecule has 0 radical (unpaired) electrons. The highest BCUT2D eigenvalue weighted by atomic mass is 32.2. The molecule has 2 heterocycles. The highest BCUT2D eigenvalue weighted by Gasteiger charge is 2.16. The minimum atomic E-state index is -0.197. The topological polar surface area (TPSA) is 99.8 Å². The second-order valence-electron chi connectivity index (χ2n) is 6.73. The number of benzene rings is 2. The summed E-state index contributed by atoms with van der Waals surface area (Å²) in [5.41, 5.74) is 3.85. The van der Waals surface area contributed by atoms with Crippen LogP contribution in [0.1, 0.15) is 11.1 Å². The Kier molecular flexibility index (Phi) is 5.99. The molecule has 1 amide bonds. The normalized spacial score (nSPS) is 10.8. The number of carbonyl (C=O) groups excluding carboxylic acids is 1. The van der Waals surface area contributed by atoms with Gasteiger partial charge in [0.25, 0.3) is 0 Å². The van der Waals surface area contributed by atoms with Crippen molar-refractivity contribution < 1.29 is 9.53 Å². The Morgan fingerprint density at radius 2 is 1.87 bits per heavy atom. The molecule has 158 valence electrons. The number of nitrogens with zero attached hydrogens (tertiary/aromatic N) is 6. The molecule has 0 aliphatic carbocycles. The fraction of sp³-hybridized carbons (Fsp3) is 0.190. The second kappa shape index (κ2) is 9.00. The van der Waals surface area contributed by atoms with E-state index in [1.165, 1.54) is 11.8 Å². The summed E-state index contributed by atoms with van der Waals surface area (Å²) in [7, 11) is 1.59. The van der Waals surface area contributed by atoms with Crippen LogP contribution in [-0.4, -0.2) is 48.8 Å². The molecule has 0 saturated carbocycles. The lowest BCUT2D eigenvalue weighted by molar-refractivity contribution is -0.113. The van der Waals surface area contributed by atoms with Gasteiger partial charge in [0.2, 0.25) is 11.1 Å². The molecule has 4 rings (SSSR count). The smallest absolute Gasteiger partial charge is 0.236 e. The van der Waals surface area contributed by atoms with E-state index in [1.54, 1.807) is 28.7 Å². The van der Waals surface area contributed by atoms with Crippen molar-refractivity contribution in [3.63, 3.8) is 0 Å². The number of hydrogen-bond donors (Lipinski definition) is 1. The molecule has 0 unspecified atom stereocenters. The quantitative estimate of drug-likeness (QED) is 0.445. The first-order chi connectivity index (χ1) is 15.1. The van der Waals surface area contributed by atoms with E-state index < -0.39 is 0 Å². The number of anilines is 1. The fourth-order valence-electron chi connectivity index (χ4n) is 3.09. The molecule has 2 aromatic carbocycles. The van der Waals surface area contributed by atoms with Gasteiger partial charge in [-0.2, -0.15) is 9.78 Å². The Morgan fingerprint density at radius 1 is 1.06 bits per heavy atom. The first-order valence-corrected chi connectivity index (χ1v) is 10.5. The molecular formula is C21H21N7O2S. The van der Waals surface area contributed by atoms with Gasteiger partial charge in [0.15, 0.2) is 0 Å². The molecular weight excluding hydrogens is 414 g/mol. The summed E-state index contributed by atoms with van der Waals surface area (Å²) < 4.78 is 8.67. The number of ether oxygens (including phenoxy) is 1. The molecule has 0 bridgehead atoms. The Balaban J connectivity index is 1.47. The van der Waals surface area contributed by atoms with E-state index >= 15 is 0 Å². The third kappa shape index (κ3) is 4.29. The van der Waals surface area contributed by atoms with Crippen LogP contribution in [0.5, 0.6) is 5.75 Å². The zero-order valence-corrected chi connectivity index (χ0v) is 18.1. The Labute approximate surface area is 183 Å². The van der Waals surface area contributed by atoms with Crippen LogP contribution in [0.4, 0.5) is 5.82 Å². The lowest BCUT2D eigenvalue weighted by atomic mass is 10.1. The van der Waals surface area contributed by atoms with E-state index in [0.29, 0.717) is 16.7 Å². The van der Waals surface area contributed by atoms with Crippen molar-refractivity contribution >= 4 is 23.5 Å². The minimum absolute atomic E-state index is 0.141. The van der Waals surface area contributed by atoms with E-state index in [2.05, 4.69) is 25.9 Å². The maximum absolute atomic E-state index is 12.6. The van der Waals surface area contributed by atoms with Crippen LogP contribution < -0.4 is 10.1 Å². The number of hydrogen-bond acceptors (Lipinski definition) is 7.